The Kier molecular flexibility index (Phi) is 12.0. The van der Waals surface area contributed by atoms with Gasteiger partial charge < -0.3 is 31.3 Å². The molecule has 0 aliphatic rings. The molecule has 4 atom stereocenters. The molecule has 0 saturated carbocycles. The molecule has 214 valence electrons. The summed E-state index contributed by atoms with van der Waals surface area (Å²) in [6.07, 6.45) is -3.22. The highest BCUT2D eigenvalue weighted by atomic mass is 19.1. The number of nitrogens with zero attached hydrogens (tertiary/aromatic N) is 1. The number of carbonyl (C=O) groups excluding carboxylic acids is 3. The zero-order chi connectivity index (χ0) is 29.3. The summed E-state index contributed by atoms with van der Waals surface area (Å²) in [5, 5.41) is 33.4. The van der Waals surface area contributed by atoms with Gasteiger partial charge in [-0.15, -0.1) is 0 Å². The Morgan fingerprint density at radius 2 is 1.44 bits per heavy atom. The summed E-state index contributed by atoms with van der Waals surface area (Å²) >= 11 is 0. The molecule has 2 rings (SSSR count). The lowest BCUT2D eigenvalue weighted by molar-refractivity contribution is -0.0256. The van der Waals surface area contributed by atoms with Crippen molar-refractivity contribution in [3.8, 4) is 0 Å². The van der Waals surface area contributed by atoms with Gasteiger partial charge >= 0.3 is 0 Å². The maximum Gasteiger partial charge on any atom is 0.253 e. The highest BCUT2D eigenvalue weighted by Crippen LogP contribution is 2.18. The van der Waals surface area contributed by atoms with E-state index in [1.807, 2.05) is 13.8 Å². The predicted molar refractivity (Wildman–Crippen MR) is 141 cm³/mol. The van der Waals surface area contributed by atoms with E-state index < -0.39 is 53.7 Å². The van der Waals surface area contributed by atoms with Crippen molar-refractivity contribution in [3.05, 3.63) is 70.3 Å². The van der Waals surface area contributed by atoms with Crippen molar-refractivity contribution in [2.24, 2.45) is 5.73 Å². The molecular formula is C28H37F2N3O6. The first kappa shape index (κ1) is 31.8. The molecular weight excluding hydrogens is 512 g/mol. The van der Waals surface area contributed by atoms with Gasteiger partial charge in [-0.05, 0) is 62.1 Å². The molecule has 0 radical (unpaired) electrons. The summed E-state index contributed by atoms with van der Waals surface area (Å²) < 4.78 is 27.6. The second-order valence-electron chi connectivity index (χ2n) is 9.66. The molecule has 9 nitrogen and oxygen atoms in total. The van der Waals surface area contributed by atoms with Crippen molar-refractivity contribution in [2.45, 2.75) is 70.8 Å². The molecule has 11 heteroatoms. The average molecular weight is 550 g/mol. The predicted octanol–water partition coefficient (Wildman–Crippen LogP) is 2.16. The van der Waals surface area contributed by atoms with Gasteiger partial charge in [0.1, 0.15) is 17.7 Å². The number of aliphatic hydroxyl groups is 3. The van der Waals surface area contributed by atoms with Crippen molar-refractivity contribution in [1.29, 1.82) is 0 Å². The van der Waals surface area contributed by atoms with Crippen LogP contribution in [0.15, 0.2) is 36.4 Å². The Labute approximate surface area is 226 Å². The van der Waals surface area contributed by atoms with Gasteiger partial charge in [0.15, 0.2) is 0 Å². The van der Waals surface area contributed by atoms with Crippen molar-refractivity contribution >= 4 is 17.7 Å². The maximum atomic E-state index is 13.8. The number of benzene rings is 2. The van der Waals surface area contributed by atoms with Crippen LogP contribution < -0.4 is 11.1 Å². The third-order valence-corrected chi connectivity index (χ3v) is 6.08. The Hall–Kier alpha value is -3.41. The maximum absolute atomic E-state index is 13.8. The van der Waals surface area contributed by atoms with E-state index in [-0.39, 0.29) is 35.1 Å². The normalized spacial score (nSPS) is 14.3. The van der Waals surface area contributed by atoms with E-state index in [1.54, 1.807) is 4.90 Å². The minimum atomic E-state index is -1.64. The number of carbonyl (C=O) groups is 3. The molecule has 2 aromatic rings. The summed E-state index contributed by atoms with van der Waals surface area (Å²) in [6, 6.07) is 5.24. The standard InChI is InChI=1S/C28H37F2N3O6/c1-4-6-33(7-5-2)28(39)20-13-18(26(31)37)12-19(14-20)27(38)32-23(25(36)24(35)8-16(3)34)11-17-9-21(29)15-22(30)10-17/h9-10,12-16,23-25,34-36H,4-8,11H2,1-3H3,(H2,31,37)(H,32,38). The Bertz CT molecular complexity index is 1130. The molecule has 0 aliphatic heterocycles. The van der Waals surface area contributed by atoms with Crippen LogP contribution in [0.5, 0.6) is 0 Å². The number of nitrogens with two attached hydrogens (primary N) is 1. The number of nitrogens with one attached hydrogen (secondary N) is 1. The van der Waals surface area contributed by atoms with Crippen LogP contribution in [0, 0.1) is 11.6 Å². The first-order valence-electron chi connectivity index (χ1n) is 12.9. The molecule has 39 heavy (non-hydrogen) atoms. The van der Waals surface area contributed by atoms with Crippen LogP contribution >= 0.6 is 0 Å². The molecule has 2 aromatic carbocycles. The van der Waals surface area contributed by atoms with Gasteiger partial charge in [0, 0.05) is 42.3 Å². The number of aliphatic hydroxyl groups excluding tert-OH is 3. The van der Waals surface area contributed by atoms with E-state index in [2.05, 4.69) is 5.32 Å². The second kappa shape index (κ2) is 14.7. The fourth-order valence-electron chi connectivity index (χ4n) is 4.31. The number of rotatable bonds is 14. The molecule has 0 aliphatic carbocycles. The van der Waals surface area contributed by atoms with Crippen molar-refractivity contribution in [2.75, 3.05) is 13.1 Å². The minimum Gasteiger partial charge on any atom is -0.393 e. The van der Waals surface area contributed by atoms with Crippen molar-refractivity contribution in [1.82, 2.24) is 10.2 Å². The molecule has 4 unspecified atom stereocenters. The Balaban J connectivity index is 2.45. The van der Waals surface area contributed by atoms with Crippen LogP contribution in [0.4, 0.5) is 8.78 Å². The first-order chi connectivity index (χ1) is 18.4. The number of hydrogen-bond acceptors (Lipinski definition) is 6. The summed E-state index contributed by atoms with van der Waals surface area (Å²) in [7, 11) is 0. The van der Waals surface area contributed by atoms with Crippen LogP contribution in [0.25, 0.3) is 0 Å². The molecule has 3 amide bonds. The number of amides is 3. The zero-order valence-corrected chi connectivity index (χ0v) is 22.4. The first-order valence-corrected chi connectivity index (χ1v) is 12.9. The molecule has 6 N–H and O–H groups in total. The number of hydrogen-bond donors (Lipinski definition) is 5. The monoisotopic (exact) mass is 549 g/mol. The second-order valence-corrected chi connectivity index (χ2v) is 9.66. The van der Waals surface area contributed by atoms with E-state index in [9.17, 15) is 38.5 Å². The molecule has 0 bridgehead atoms. The highest BCUT2D eigenvalue weighted by Gasteiger charge is 2.30. The summed E-state index contributed by atoms with van der Waals surface area (Å²) in [4.78, 5) is 40.1. The fourth-order valence-corrected chi connectivity index (χ4v) is 4.31. The van der Waals surface area contributed by atoms with Crippen LogP contribution in [-0.2, 0) is 6.42 Å². The average Bonchev–Trinajstić information content (AvgIpc) is 2.85. The van der Waals surface area contributed by atoms with Crippen molar-refractivity contribution < 1.29 is 38.5 Å². The molecule has 0 heterocycles. The molecule has 0 spiro atoms. The zero-order valence-electron chi connectivity index (χ0n) is 22.4. The summed E-state index contributed by atoms with van der Waals surface area (Å²) in [6.45, 7) is 6.16. The quantitative estimate of drug-likeness (QED) is 0.243. The lowest BCUT2D eigenvalue weighted by Gasteiger charge is -2.29. The van der Waals surface area contributed by atoms with Gasteiger partial charge in [-0.3, -0.25) is 14.4 Å². The largest absolute Gasteiger partial charge is 0.393 e. The van der Waals surface area contributed by atoms with Gasteiger partial charge in [-0.2, -0.15) is 0 Å². The van der Waals surface area contributed by atoms with Crippen LogP contribution in [0.2, 0.25) is 0 Å². The highest BCUT2D eigenvalue weighted by molar-refractivity contribution is 6.04. The van der Waals surface area contributed by atoms with Crippen molar-refractivity contribution in [3.63, 3.8) is 0 Å². The summed E-state index contributed by atoms with van der Waals surface area (Å²) in [5.74, 6) is -3.81. The van der Waals surface area contributed by atoms with Gasteiger partial charge in [-0.25, -0.2) is 8.78 Å². The van der Waals surface area contributed by atoms with E-state index in [4.69, 9.17) is 5.73 Å². The van der Waals surface area contributed by atoms with Crippen LogP contribution in [-0.4, -0.2) is 75.4 Å². The molecule has 0 aromatic heterocycles. The van der Waals surface area contributed by atoms with E-state index in [0.29, 0.717) is 32.0 Å². The van der Waals surface area contributed by atoms with Gasteiger partial charge in [0.25, 0.3) is 11.8 Å². The van der Waals surface area contributed by atoms with Gasteiger partial charge in [-0.1, -0.05) is 13.8 Å². The van der Waals surface area contributed by atoms with Gasteiger partial charge in [0.05, 0.1) is 18.2 Å². The Morgan fingerprint density at radius 1 is 0.897 bits per heavy atom. The van der Waals surface area contributed by atoms with E-state index in [1.165, 1.54) is 25.1 Å². The lowest BCUT2D eigenvalue weighted by atomic mass is 9.94. The third kappa shape index (κ3) is 9.38. The van der Waals surface area contributed by atoms with E-state index >= 15 is 0 Å². The lowest BCUT2D eigenvalue weighted by Crippen LogP contribution is -2.50. The minimum absolute atomic E-state index is 0.0665. The number of halogens is 2. The van der Waals surface area contributed by atoms with Gasteiger partial charge in [0.2, 0.25) is 5.91 Å². The Morgan fingerprint density at radius 3 is 1.95 bits per heavy atom. The van der Waals surface area contributed by atoms with Crippen LogP contribution in [0.1, 0.15) is 76.7 Å². The fraction of sp³-hybridized carbons (Fsp3) is 0.464. The summed E-state index contributed by atoms with van der Waals surface area (Å²) in [5.41, 5.74) is 5.41. The molecule has 0 fully saturated rings. The molecule has 0 saturated heterocycles. The third-order valence-electron chi connectivity index (χ3n) is 6.08. The SMILES string of the molecule is CCCN(CCC)C(=O)c1cc(C(N)=O)cc(C(=O)NC(Cc2cc(F)cc(F)c2)C(O)C(O)CC(C)O)c1. The van der Waals surface area contributed by atoms with E-state index in [0.717, 1.165) is 12.1 Å². The number of primary amides is 1. The topological polar surface area (TPSA) is 153 Å². The smallest absolute Gasteiger partial charge is 0.253 e. The van der Waals surface area contributed by atoms with Crippen LogP contribution in [0.3, 0.4) is 0 Å².